The molecule has 0 aliphatic carbocycles. The van der Waals surface area contributed by atoms with Crippen LogP contribution in [0.3, 0.4) is 0 Å². The van der Waals surface area contributed by atoms with Crippen molar-refractivity contribution in [3.05, 3.63) is 76.9 Å². The molecule has 0 atom stereocenters. The van der Waals surface area contributed by atoms with Gasteiger partial charge in [-0.1, -0.05) is 62.7 Å². The van der Waals surface area contributed by atoms with Crippen molar-refractivity contribution in [2.24, 2.45) is 5.14 Å². The number of alkyl halides is 3. The van der Waals surface area contributed by atoms with Crippen molar-refractivity contribution >= 4 is 23.3 Å². The second kappa shape index (κ2) is 14.0. The second-order valence-corrected chi connectivity index (χ2v) is 9.42. The number of aryl methyl sites for hydroxylation is 1. The molecular weight excluding hydrogens is 499 g/mol. The number of nitrogens with one attached hydrogen (secondary N) is 1. The standard InChI is InChI=1S/C18H22F3N3O2S.C10H14/c1-3-8-24-17-13(25-2)9-11(15(16(17)22)18(19,20)21)10-26-12-6-4-5-7-14(12)27-23;1-8(2)10-6-4-9(3)5-7-10/h4-7,9,24H,3,8,10,22-23H2,1-2H3;4-8H,1-3H3. The maximum atomic E-state index is 13.7. The van der Waals surface area contributed by atoms with E-state index in [0.29, 0.717) is 23.1 Å². The Labute approximate surface area is 221 Å². The zero-order valence-electron chi connectivity index (χ0n) is 21.9. The lowest BCUT2D eigenvalue weighted by molar-refractivity contribution is -0.137. The van der Waals surface area contributed by atoms with Crippen molar-refractivity contribution in [1.29, 1.82) is 0 Å². The van der Waals surface area contributed by atoms with E-state index in [4.69, 9.17) is 20.3 Å². The summed E-state index contributed by atoms with van der Waals surface area (Å²) in [6.45, 7) is 8.57. The number of para-hydroxylation sites is 1. The lowest BCUT2D eigenvalue weighted by Gasteiger charge is -2.22. The fraction of sp³-hybridized carbons (Fsp3) is 0.357. The van der Waals surface area contributed by atoms with Crippen LogP contribution in [0.5, 0.6) is 11.5 Å². The van der Waals surface area contributed by atoms with E-state index in [1.54, 1.807) is 24.3 Å². The molecule has 3 rings (SSSR count). The highest BCUT2D eigenvalue weighted by atomic mass is 32.2. The highest BCUT2D eigenvalue weighted by Crippen LogP contribution is 2.44. The maximum absolute atomic E-state index is 13.7. The number of hydrogen-bond acceptors (Lipinski definition) is 6. The highest BCUT2D eigenvalue weighted by molar-refractivity contribution is 7.97. The van der Waals surface area contributed by atoms with Gasteiger partial charge in [0.15, 0.2) is 0 Å². The molecule has 0 saturated carbocycles. The van der Waals surface area contributed by atoms with Crippen molar-refractivity contribution in [2.75, 3.05) is 24.7 Å². The molecule has 3 aromatic carbocycles. The van der Waals surface area contributed by atoms with Crippen molar-refractivity contribution in [3.8, 4) is 11.5 Å². The molecular formula is C28H36F3N3O2S. The molecule has 0 bridgehead atoms. The molecule has 202 valence electrons. The number of methoxy groups -OCH3 is 1. The van der Waals surface area contributed by atoms with E-state index in [9.17, 15) is 13.2 Å². The normalized spacial score (nSPS) is 11.1. The Morgan fingerprint density at radius 1 is 1.03 bits per heavy atom. The molecule has 0 fully saturated rings. The van der Waals surface area contributed by atoms with Gasteiger partial charge in [-0.2, -0.15) is 13.2 Å². The van der Waals surface area contributed by atoms with Gasteiger partial charge in [0.2, 0.25) is 0 Å². The molecule has 0 aliphatic heterocycles. The van der Waals surface area contributed by atoms with Crippen LogP contribution < -0.4 is 25.7 Å². The van der Waals surface area contributed by atoms with Crippen LogP contribution in [0.4, 0.5) is 24.5 Å². The molecule has 0 aliphatic rings. The first-order valence-corrected chi connectivity index (χ1v) is 12.9. The van der Waals surface area contributed by atoms with Crippen molar-refractivity contribution in [2.45, 2.75) is 57.7 Å². The summed E-state index contributed by atoms with van der Waals surface area (Å²) in [6.07, 6.45) is -3.91. The maximum Gasteiger partial charge on any atom is 0.418 e. The van der Waals surface area contributed by atoms with Crippen LogP contribution in [-0.2, 0) is 12.8 Å². The van der Waals surface area contributed by atoms with Gasteiger partial charge in [-0.05, 0) is 55.0 Å². The van der Waals surface area contributed by atoms with Crippen molar-refractivity contribution in [1.82, 2.24) is 0 Å². The number of nitrogens with two attached hydrogens (primary N) is 2. The monoisotopic (exact) mass is 535 g/mol. The molecule has 0 amide bonds. The third kappa shape index (κ3) is 8.50. The average molecular weight is 536 g/mol. The molecule has 37 heavy (non-hydrogen) atoms. The number of benzene rings is 3. The zero-order chi connectivity index (χ0) is 27.6. The third-order valence-electron chi connectivity index (χ3n) is 5.57. The van der Waals surface area contributed by atoms with Gasteiger partial charge in [-0.25, -0.2) is 0 Å². The topological polar surface area (TPSA) is 82.5 Å². The minimum Gasteiger partial charge on any atom is -0.494 e. The Kier molecular flexibility index (Phi) is 11.5. The molecule has 0 spiro atoms. The van der Waals surface area contributed by atoms with Crippen molar-refractivity contribution in [3.63, 3.8) is 0 Å². The lowest BCUT2D eigenvalue weighted by atomic mass is 10.0. The van der Waals surface area contributed by atoms with Gasteiger partial charge >= 0.3 is 6.18 Å². The highest BCUT2D eigenvalue weighted by Gasteiger charge is 2.38. The molecule has 0 unspecified atom stereocenters. The summed E-state index contributed by atoms with van der Waals surface area (Å²) in [4.78, 5) is 0.618. The van der Waals surface area contributed by atoms with E-state index >= 15 is 0 Å². The fourth-order valence-electron chi connectivity index (χ4n) is 3.55. The van der Waals surface area contributed by atoms with Gasteiger partial charge < -0.3 is 20.5 Å². The average Bonchev–Trinajstić information content (AvgIpc) is 2.86. The van der Waals surface area contributed by atoms with Gasteiger partial charge in [0.05, 0.1) is 23.3 Å². The second-order valence-electron chi connectivity index (χ2n) is 8.74. The van der Waals surface area contributed by atoms with E-state index in [2.05, 4.69) is 50.4 Å². The minimum atomic E-state index is -4.64. The minimum absolute atomic E-state index is 0.115. The van der Waals surface area contributed by atoms with E-state index in [0.717, 1.165) is 18.4 Å². The lowest BCUT2D eigenvalue weighted by Crippen LogP contribution is -2.17. The van der Waals surface area contributed by atoms with Gasteiger partial charge in [-0.15, -0.1) is 0 Å². The first-order valence-electron chi connectivity index (χ1n) is 12.0. The first-order chi connectivity index (χ1) is 17.5. The van der Waals surface area contributed by atoms with Gasteiger partial charge in [0, 0.05) is 12.1 Å². The van der Waals surface area contributed by atoms with E-state index in [1.165, 1.54) is 24.3 Å². The summed E-state index contributed by atoms with van der Waals surface area (Å²) in [7, 11) is 1.38. The molecule has 0 radical (unpaired) electrons. The molecule has 0 aromatic heterocycles. The summed E-state index contributed by atoms with van der Waals surface area (Å²) < 4.78 is 51.9. The molecule has 0 heterocycles. The largest absolute Gasteiger partial charge is 0.494 e. The van der Waals surface area contributed by atoms with Crippen LogP contribution in [0.25, 0.3) is 0 Å². The smallest absolute Gasteiger partial charge is 0.418 e. The van der Waals surface area contributed by atoms with Crippen LogP contribution in [0.1, 0.15) is 55.4 Å². The number of nitrogen functional groups attached to an aromatic ring is 1. The SMILES string of the molecule is CCCNc1c(OC)cc(COc2ccccc2SN)c(C(F)(F)F)c1N.Cc1ccc(C(C)C)cc1. The first kappa shape index (κ1) is 30.2. The zero-order valence-corrected chi connectivity index (χ0v) is 22.7. The number of anilines is 2. The van der Waals surface area contributed by atoms with Gasteiger partial charge in [0.25, 0.3) is 0 Å². The van der Waals surface area contributed by atoms with Crippen LogP contribution in [0, 0.1) is 6.92 Å². The van der Waals surface area contributed by atoms with Gasteiger partial charge in [-0.3, -0.25) is 5.14 Å². The summed E-state index contributed by atoms with van der Waals surface area (Å²) in [5.74, 6) is 1.28. The third-order valence-corrected chi connectivity index (χ3v) is 6.16. The van der Waals surface area contributed by atoms with Crippen LogP contribution in [-0.4, -0.2) is 13.7 Å². The van der Waals surface area contributed by atoms with Crippen molar-refractivity contribution < 1.29 is 22.6 Å². The number of halogens is 3. The Morgan fingerprint density at radius 2 is 1.68 bits per heavy atom. The summed E-state index contributed by atoms with van der Waals surface area (Å²) >= 11 is 0.956. The molecule has 0 saturated heterocycles. The molecule has 5 nitrogen and oxygen atoms in total. The Bertz CT molecular complexity index is 1140. The van der Waals surface area contributed by atoms with Gasteiger partial charge in [0.1, 0.15) is 23.8 Å². The van der Waals surface area contributed by atoms with E-state index in [-0.39, 0.29) is 23.6 Å². The molecule has 3 aromatic rings. The summed E-state index contributed by atoms with van der Waals surface area (Å²) in [5.41, 5.74) is 7.31. The number of rotatable bonds is 9. The Morgan fingerprint density at radius 3 is 2.22 bits per heavy atom. The Balaban J connectivity index is 0.000000402. The van der Waals surface area contributed by atoms with E-state index < -0.39 is 17.4 Å². The fourth-order valence-corrected chi connectivity index (χ4v) is 3.95. The van der Waals surface area contributed by atoms with Crippen LogP contribution >= 0.6 is 11.9 Å². The Hall–Kier alpha value is -3.04. The molecule has 9 heteroatoms. The quantitative estimate of drug-likeness (QED) is 0.192. The summed E-state index contributed by atoms with van der Waals surface area (Å²) in [6, 6.07) is 16.8. The molecule has 5 N–H and O–H groups in total. The van der Waals surface area contributed by atoms with Crippen LogP contribution in [0.2, 0.25) is 0 Å². The van der Waals surface area contributed by atoms with Crippen LogP contribution in [0.15, 0.2) is 59.5 Å². The van der Waals surface area contributed by atoms with E-state index in [1.807, 2.05) is 6.92 Å². The predicted octanol–water partition coefficient (Wildman–Crippen LogP) is 7.78. The summed E-state index contributed by atoms with van der Waals surface area (Å²) in [5, 5.41) is 8.47. The number of hydrogen-bond donors (Lipinski definition) is 3. The number of ether oxygens (including phenoxy) is 2. The predicted molar refractivity (Wildman–Crippen MR) is 147 cm³/mol.